The number of hydrazine groups is 1. The van der Waals surface area contributed by atoms with E-state index in [2.05, 4.69) is 20.7 Å². The molecule has 2 aromatic rings. The van der Waals surface area contributed by atoms with Crippen molar-refractivity contribution in [1.82, 2.24) is 20.7 Å². The van der Waals surface area contributed by atoms with E-state index < -0.39 is 59.7 Å². The number of Topliss-reactive ketones (excluding diaryl/α,β-unsaturated/α-hetero) is 1. The Bertz CT molecular complexity index is 1690. The van der Waals surface area contributed by atoms with Crippen molar-refractivity contribution in [2.75, 3.05) is 33.0 Å². The van der Waals surface area contributed by atoms with Gasteiger partial charge in [0.05, 0.1) is 16.8 Å². The van der Waals surface area contributed by atoms with Crippen LogP contribution in [-0.2, 0) is 28.7 Å². The van der Waals surface area contributed by atoms with Gasteiger partial charge in [-0.3, -0.25) is 34.2 Å². The molecule has 0 spiro atoms. The van der Waals surface area contributed by atoms with Gasteiger partial charge in [0.2, 0.25) is 6.79 Å². The summed E-state index contributed by atoms with van der Waals surface area (Å²) in [6, 6.07) is 12.1. The van der Waals surface area contributed by atoms with E-state index in [9.17, 15) is 28.8 Å². The second kappa shape index (κ2) is 20.0. The molecule has 0 radical (unpaired) electrons. The molecule has 0 aromatic heterocycles. The van der Waals surface area contributed by atoms with E-state index in [0.717, 1.165) is 4.90 Å². The number of carbonyl (C=O) groups excluding carboxylic acids is 6. The van der Waals surface area contributed by atoms with Gasteiger partial charge in [-0.05, 0) is 89.1 Å². The lowest BCUT2D eigenvalue weighted by Crippen LogP contribution is -2.73. The number of carbonyl (C=O) groups is 6. The first-order chi connectivity index (χ1) is 23.9. The summed E-state index contributed by atoms with van der Waals surface area (Å²) in [5.41, 5.74) is 22.9. The van der Waals surface area contributed by atoms with Crippen LogP contribution in [0, 0.1) is 5.41 Å². The Labute approximate surface area is 318 Å². The number of benzene rings is 2. The molecule has 3 rings (SSSR count). The third-order valence-corrected chi connectivity index (χ3v) is 7.63. The SMILES string of the molecule is CC(=O)[C@@]1(CCCNC(=O)c2ccc(N=C(N)N)cc2)C(=O)N(CC(=O)OCOC(=O)C(C)(C)C)CCN1NC(=O)c1ccc(N=C(N)N)cc1.Cl.Cl. The van der Waals surface area contributed by atoms with Crippen molar-refractivity contribution in [3.05, 3.63) is 59.7 Å². The van der Waals surface area contributed by atoms with Crippen LogP contribution < -0.4 is 33.7 Å². The first kappa shape index (κ1) is 45.6. The van der Waals surface area contributed by atoms with Crippen molar-refractivity contribution in [2.24, 2.45) is 38.3 Å². The van der Waals surface area contributed by atoms with Crippen LogP contribution in [-0.4, -0.2) is 95.8 Å². The first-order valence-electron chi connectivity index (χ1n) is 15.8. The number of nitrogens with two attached hydrogens (primary N) is 4. The average molecular weight is 782 g/mol. The zero-order valence-electron chi connectivity index (χ0n) is 29.7. The van der Waals surface area contributed by atoms with E-state index in [0.29, 0.717) is 16.9 Å². The van der Waals surface area contributed by atoms with Crippen molar-refractivity contribution >= 4 is 83.6 Å². The molecule has 0 aliphatic carbocycles. The van der Waals surface area contributed by atoms with E-state index in [1.165, 1.54) is 48.3 Å². The van der Waals surface area contributed by atoms with Gasteiger partial charge in [-0.15, -0.1) is 24.8 Å². The largest absolute Gasteiger partial charge is 0.427 e. The number of nitrogens with zero attached hydrogens (tertiary/aromatic N) is 4. The predicted molar refractivity (Wildman–Crippen MR) is 201 cm³/mol. The topological polar surface area (TPSA) is 280 Å². The maximum atomic E-state index is 14.1. The van der Waals surface area contributed by atoms with E-state index >= 15 is 0 Å². The molecule has 0 unspecified atom stereocenters. The van der Waals surface area contributed by atoms with Crippen LogP contribution in [0.4, 0.5) is 11.4 Å². The summed E-state index contributed by atoms with van der Waals surface area (Å²) in [6.45, 7) is 4.82. The van der Waals surface area contributed by atoms with Crippen LogP contribution in [0.3, 0.4) is 0 Å². The molecule has 1 atom stereocenters. The number of rotatable bonds is 14. The molecular formula is C33H46Cl2N10O8. The Morgan fingerprint density at radius 3 is 1.79 bits per heavy atom. The van der Waals surface area contributed by atoms with E-state index in [1.807, 2.05) is 0 Å². The highest BCUT2D eigenvalue weighted by Crippen LogP contribution is 2.29. The number of aliphatic imine (C=N–C) groups is 2. The molecule has 1 fully saturated rings. The Morgan fingerprint density at radius 1 is 0.811 bits per heavy atom. The number of piperazine rings is 1. The van der Waals surface area contributed by atoms with Gasteiger partial charge in [0.15, 0.2) is 23.2 Å². The molecule has 2 aromatic carbocycles. The molecule has 53 heavy (non-hydrogen) atoms. The van der Waals surface area contributed by atoms with Crippen molar-refractivity contribution in [2.45, 2.75) is 46.1 Å². The van der Waals surface area contributed by atoms with E-state index in [1.54, 1.807) is 32.9 Å². The van der Waals surface area contributed by atoms with Gasteiger partial charge in [0.1, 0.15) is 6.54 Å². The summed E-state index contributed by atoms with van der Waals surface area (Å²) in [7, 11) is 0. The second-order valence-corrected chi connectivity index (χ2v) is 12.6. The van der Waals surface area contributed by atoms with Crippen LogP contribution >= 0.6 is 24.8 Å². The van der Waals surface area contributed by atoms with Gasteiger partial charge in [-0.25, -0.2) is 9.98 Å². The summed E-state index contributed by atoms with van der Waals surface area (Å²) in [4.78, 5) is 87.4. The molecule has 0 saturated carbocycles. The Balaban J connectivity index is 0.00000702. The molecule has 1 heterocycles. The Kier molecular flexibility index (Phi) is 17.2. The van der Waals surface area contributed by atoms with Crippen LogP contribution in [0.1, 0.15) is 61.3 Å². The molecule has 1 aliphatic heterocycles. The fraction of sp³-hybridized carbons (Fsp3) is 0.394. The minimum absolute atomic E-state index is 0. The minimum Gasteiger partial charge on any atom is -0.427 e. The number of nitrogens with one attached hydrogen (secondary N) is 2. The summed E-state index contributed by atoms with van der Waals surface area (Å²) >= 11 is 0. The first-order valence-corrected chi connectivity index (χ1v) is 15.8. The molecule has 1 saturated heterocycles. The normalized spacial score (nSPS) is 15.4. The molecule has 10 N–H and O–H groups in total. The quantitative estimate of drug-likeness (QED) is 0.0386. The maximum absolute atomic E-state index is 14.1. The molecule has 3 amide bonds. The number of amides is 3. The van der Waals surface area contributed by atoms with Gasteiger partial charge < -0.3 is 42.6 Å². The van der Waals surface area contributed by atoms with Crippen molar-refractivity contribution < 1.29 is 38.2 Å². The summed E-state index contributed by atoms with van der Waals surface area (Å²) in [5, 5.41) is 4.00. The number of ether oxygens (including phenoxy) is 2. The molecular weight excluding hydrogens is 735 g/mol. The highest BCUT2D eigenvalue weighted by molar-refractivity contribution is 6.11. The van der Waals surface area contributed by atoms with E-state index in [4.69, 9.17) is 32.4 Å². The highest BCUT2D eigenvalue weighted by Gasteiger charge is 2.54. The zero-order valence-corrected chi connectivity index (χ0v) is 31.4. The predicted octanol–water partition coefficient (Wildman–Crippen LogP) is 0.757. The number of guanidine groups is 2. The number of esters is 2. The monoisotopic (exact) mass is 780 g/mol. The van der Waals surface area contributed by atoms with Crippen molar-refractivity contribution in [1.29, 1.82) is 0 Å². The zero-order chi connectivity index (χ0) is 37.9. The number of hydrogen-bond donors (Lipinski definition) is 6. The van der Waals surface area contributed by atoms with Crippen LogP contribution in [0.25, 0.3) is 0 Å². The molecule has 290 valence electrons. The highest BCUT2D eigenvalue weighted by atomic mass is 35.5. The van der Waals surface area contributed by atoms with Crippen molar-refractivity contribution in [3.63, 3.8) is 0 Å². The van der Waals surface area contributed by atoms with Gasteiger partial charge in [0, 0.05) is 30.8 Å². The van der Waals surface area contributed by atoms with Crippen LogP contribution in [0.15, 0.2) is 58.5 Å². The third kappa shape index (κ3) is 12.6. The summed E-state index contributed by atoms with van der Waals surface area (Å²) in [6.07, 6.45) is -0.0346. The fourth-order valence-corrected chi connectivity index (χ4v) is 5.03. The Morgan fingerprint density at radius 2 is 1.32 bits per heavy atom. The molecule has 0 bridgehead atoms. The van der Waals surface area contributed by atoms with Crippen LogP contribution in [0.5, 0.6) is 0 Å². The van der Waals surface area contributed by atoms with Gasteiger partial charge in [-0.1, -0.05) is 0 Å². The van der Waals surface area contributed by atoms with Gasteiger partial charge in [0.25, 0.3) is 17.7 Å². The van der Waals surface area contributed by atoms with E-state index in [-0.39, 0.29) is 74.8 Å². The van der Waals surface area contributed by atoms with Crippen molar-refractivity contribution in [3.8, 4) is 0 Å². The second-order valence-electron chi connectivity index (χ2n) is 12.6. The lowest BCUT2D eigenvalue weighted by atomic mass is 9.84. The minimum atomic E-state index is -1.96. The molecule has 18 nitrogen and oxygen atoms in total. The smallest absolute Gasteiger partial charge is 0.328 e. The maximum Gasteiger partial charge on any atom is 0.328 e. The van der Waals surface area contributed by atoms with Gasteiger partial charge >= 0.3 is 11.9 Å². The molecule has 20 heteroatoms. The average Bonchev–Trinajstić information content (AvgIpc) is 3.04. The summed E-state index contributed by atoms with van der Waals surface area (Å²) < 4.78 is 10.0. The summed E-state index contributed by atoms with van der Waals surface area (Å²) in [5.74, 6) is -4.20. The van der Waals surface area contributed by atoms with Gasteiger partial charge in [-0.2, -0.15) is 5.01 Å². The molecule has 1 aliphatic rings. The number of ketones is 1. The third-order valence-electron chi connectivity index (χ3n) is 7.63. The standard InChI is InChI=1S/C33H44N10O8.2ClH/c1-20(44)33(14-5-15-38-26(46)21-6-10-23(11-7-21)39-30(34)35)28(48)42(18-25(45)50-19-51-29(49)32(2,3)4)16-17-43(33)41-27(47)22-8-12-24(13-9-22)40-31(36)37;;/h6-13H,5,14-19H2,1-4H3,(H,38,46)(H,41,47)(H4,34,35,39)(H4,36,37,40);2*1H/t33-;;/m0../s1. The lowest BCUT2D eigenvalue weighted by molar-refractivity contribution is -0.177. The van der Waals surface area contributed by atoms with Crippen LogP contribution in [0.2, 0.25) is 0 Å². The lowest BCUT2D eigenvalue weighted by Gasteiger charge is -2.47. The number of halogens is 2. The number of hydrogen-bond acceptors (Lipinski definition) is 11. The Hall–Kier alpha value is -5.46. The fourth-order valence-electron chi connectivity index (χ4n) is 5.03.